The smallest absolute Gasteiger partial charge is 0.145 e. The summed E-state index contributed by atoms with van der Waals surface area (Å²) < 4.78 is 10.8. The van der Waals surface area contributed by atoms with E-state index in [1.807, 2.05) is 18.2 Å². The molecule has 0 fully saturated rings. The third-order valence-corrected chi connectivity index (χ3v) is 2.72. The third-order valence-electron chi connectivity index (χ3n) is 2.72. The number of benzene rings is 1. The highest BCUT2D eigenvalue weighted by atomic mass is 16.5. The van der Waals surface area contributed by atoms with Crippen molar-refractivity contribution in [1.82, 2.24) is 0 Å². The van der Waals surface area contributed by atoms with Crippen molar-refractivity contribution in [2.24, 2.45) is 0 Å². The maximum atomic E-state index is 5.73. The molecule has 17 heavy (non-hydrogen) atoms. The number of rotatable bonds is 8. The summed E-state index contributed by atoms with van der Waals surface area (Å²) in [5, 5.41) is 0. The molecule has 1 aromatic carbocycles. The molecule has 0 aliphatic rings. The molecule has 0 bridgehead atoms. The van der Waals surface area contributed by atoms with Crippen molar-refractivity contribution in [3.8, 4) is 11.5 Å². The van der Waals surface area contributed by atoms with Crippen LogP contribution in [0.3, 0.4) is 0 Å². The van der Waals surface area contributed by atoms with Crippen LogP contribution in [0, 0.1) is 0 Å². The Hall–Kier alpha value is -1.38. The van der Waals surface area contributed by atoms with Crippen molar-refractivity contribution in [3.63, 3.8) is 0 Å². The van der Waals surface area contributed by atoms with Crippen LogP contribution in [-0.4, -0.2) is 13.7 Å². The molecule has 0 unspecified atom stereocenters. The summed E-state index contributed by atoms with van der Waals surface area (Å²) in [7, 11) is 1.61. The molecule has 0 aromatic heterocycles. The van der Waals surface area contributed by atoms with Gasteiger partial charge in [0.1, 0.15) is 11.5 Å². The molecular formula is C14H23NO2. The van der Waals surface area contributed by atoms with E-state index in [-0.39, 0.29) is 0 Å². The molecule has 0 heterocycles. The largest absolute Gasteiger partial charge is 0.494 e. The van der Waals surface area contributed by atoms with E-state index in [1.54, 1.807) is 7.11 Å². The Morgan fingerprint density at radius 1 is 1.12 bits per heavy atom. The average molecular weight is 237 g/mol. The molecule has 3 nitrogen and oxygen atoms in total. The van der Waals surface area contributed by atoms with Crippen LogP contribution in [0.4, 0.5) is 5.69 Å². The van der Waals surface area contributed by atoms with E-state index >= 15 is 0 Å². The highest BCUT2D eigenvalue weighted by molar-refractivity contribution is 5.55. The molecule has 0 aliphatic carbocycles. The van der Waals surface area contributed by atoms with Gasteiger partial charge in [-0.05, 0) is 18.6 Å². The average Bonchev–Trinajstić information content (AvgIpc) is 2.35. The number of methoxy groups -OCH3 is 1. The number of ether oxygens (including phenoxy) is 2. The fourth-order valence-electron chi connectivity index (χ4n) is 1.68. The van der Waals surface area contributed by atoms with Crippen LogP contribution in [0.15, 0.2) is 18.2 Å². The Morgan fingerprint density at radius 2 is 1.88 bits per heavy atom. The first-order valence-corrected chi connectivity index (χ1v) is 6.34. The van der Waals surface area contributed by atoms with Gasteiger partial charge in [-0.25, -0.2) is 0 Å². The van der Waals surface area contributed by atoms with Gasteiger partial charge in [0.25, 0.3) is 0 Å². The SMILES string of the molecule is CCCCCCCOc1ccc(N)c(OC)c1. The first-order valence-electron chi connectivity index (χ1n) is 6.34. The fraction of sp³-hybridized carbons (Fsp3) is 0.571. The van der Waals surface area contributed by atoms with E-state index < -0.39 is 0 Å². The lowest BCUT2D eigenvalue weighted by atomic mass is 10.2. The van der Waals surface area contributed by atoms with Crippen molar-refractivity contribution in [3.05, 3.63) is 18.2 Å². The number of nitrogens with two attached hydrogens (primary N) is 1. The van der Waals surface area contributed by atoms with E-state index in [9.17, 15) is 0 Å². The van der Waals surface area contributed by atoms with Crippen LogP contribution < -0.4 is 15.2 Å². The Balaban J connectivity index is 2.27. The number of unbranched alkanes of at least 4 members (excludes halogenated alkanes) is 4. The van der Waals surface area contributed by atoms with Crippen LogP contribution in [0.5, 0.6) is 11.5 Å². The monoisotopic (exact) mass is 237 g/mol. The predicted octanol–water partition coefficient (Wildman–Crippen LogP) is 3.63. The summed E-state index contributed by atoms with van der Waals surface area (Å²) in [5.41, 5.74) is 6.37. The summed E-state index contributed by atoms with van der Waals surface area (Å²) in [5.74, 6) is 1.50. The lowest BCUT2D eigenvalue weighted by molar-refractivity contribution is 0.302. The molecule has 0 amide bonds. The van der Waals surface area contributed by atoms with Crippen LogP contribution in [0.1, 0.15) is 39.0 Å². The van der Waals surface area contributed by atoms with Gasteiger partial charge in [0.15, 0.2) is 0 Å². The molecule has 3 heteroatoms. The van der Waals surface area contributed by atoms with Gasteiger partial charge in [0.05, 0.1) is 19.4 Å². The van der Waals surface area contributed by atoms with Crippen molar-refractivity contribution in [2.45, 2.75) is 39.0 Å². The normalized spacial score (nSPS) is 10.2. The molecule has 0 radical (unpaired) electrons. The first kappa shape index (κ1) is 13.7. The topological polar surface area (TPSA) is 44.5 Å². The minimum absolute atomic E-state index is 0.641. The standard InChI is InChI=1S/C14H23NO2/c1-3-4-5-6-7-10-17-12-8-9-13(15)14(11-12)16-2/h8-9,11H,3-7,10,15H2,1-2H3. The number of hydrogen-bond donors (Lipinski definition) is 1. The van der Waals surface area contributed by atoms with E-state index in [0.717, 1.165) is 18.8 Å². The highest BCUT2D eigenvalue weighted by Gasteiger charge is 2.01. The molecule has 0 spiro atoms. The first-order chi connectivity index (χ1) is 8.27. The third kappa shape index (κ3) is 4.98. The van der Waals surface area contributed by atoms with Gasteiger partial charge < -0.3 is 15.2 Å². The van der Waals surface area contributed by atoms with Crippen LogP contribution in [-0.2, 0) is 0 Å². The molecule has 0 saturated heterocycles. The van der Waals surface area contributed by atoms with Crippen molar-refractivity contribution >= 4 is 5.69 Å². The second-order valence-corrected chi connectivity index (χ2v) is 4.17. The molecule has 96 valence electrons. The zero-order chi connectivity index (χ0) is 12.5. The fourth-order valence-corrected chi connectivity index (χ4v) is 1.68. The lowest BCUT2D eigenvalue weighted by Crippen LogP contribution is -1.99. The zero-order valence-corrected chi connectivity index (χ0v) is 10.9. The van der Waals surface area contributed by atoms with E-state index in [1.165, 1.54) is 25.7 Å². The minimum atomic E-state index is 0.641. The van der Waals surface area contributed by atoms with Crippen LogP contribution in [0.2, 0.25) is 0 Å². The second kappa shape index (κ2) is 7.82. The van der Waals surface area contributed by atoms with Crippen LogP contribution in [0.25, 0.3) is 0 Å². The van der Waals surface area contributed by atoms with Gasteiger partial charge in [0.2, 0.25) is 0 Å². The highest BCUT2D eigenvalue weighted by Crippen LogP contribution is 2.26. The molecule has 0 atom stereocenters. The van der Waals surface area contributed by atoms with Crippen molar-refractivity contribution in [1.29, 1.82) is 0 Å². The Kier molecular flexibility index (Phi) is 6.30. The summed E-state index contributed by atoms with van der Waals surface area (Å²) in [4.78, 5) is 0. The Morgan fingerprint density at radius 3 is 2.59 bits per heavy atom. The maximum absolute atomic E-state index is 5.73. The van der Waals surface area contributed by atoms with E-state index in [2.05, 4.69) is 6.92 Å². The van der Waals surface area contributed by atoms with Crippen molar-refractivity contribution in [2.75, 3.05) is 19.5 Å². The number of hydrogen-bond acceptors (Lipinski definition) is 3. The van der Waals surface area contributed by atoms with Crippen molar-refractivity contribution < 1.29 is 9.47 Å². The summed E-state index contributed by atoms with van der Waals surface area (Å²) >= 11 is 0. The molecule has 0 saturated carbocycles. The summed E-state index contributed by atoms with van der Waals surface area (Å²) in [6, 6.07) is 5.52. The van der Waals surface area contributed by atoms with Gasteiger partial charge in [-0.3, -0.25) is 0 Å². The number of nitrogen functional groups attached to an aromatic ring is 1. The second-order valence-electron chi connectivity index (χ2n) is 4.17. The quantitative estimate of drug-likeness (QED) is 0.554. The van der Waals surface area contributed by atoms with Gasteiger partial charge in [-0.15, -0.1) is 0 Å². The molecule has 0 aliphatic heterocycles. The molecular weight excluding hydrogens is 214 g/mol. The molecule has 1 rings (SSSR count). The Bertz CT molecular complexity index is 326. The van der Waals surface area contributed by atoms with Crippen LogP contribution >= 0.6 is 0 Å². The van der Waals surface area contributed by atoms with E-state index in [4.69, 9.17) is 15.2 Å². The summed E-state index contributed by atoms with van der Waals surface area (Å²) in [6.07, 6.45) is 6.23. The Labute approximate surface area is 104 Å². The minimum Gasteiger partial charge on any atom is -0.494 e. The summed E-state index contributed by atoms with van der Waals surface area (Å²) in [6.45, 7) is 2.98. The van der Waals surface area contributed by atoms with Gasteiger partial charge in [0, 0.05) is 6.07 Å². The van der Waals surface area contributed by atoms with Gasteiger partial charge >= 0.3 is 0 Å². The van der Waals surface area contributed by atoms with Gasteiger partial charge in [-0.2, -0.15) is 0 Å². The molecule has 1 aromatic rings. The van der Waals surface area contributed by atoms with Gasteiger partial charge in [-0.1, -0.05) is 32.6 Å². The zero-order valence-electron chi connectivity index (χ0n) is 10.9. The number of anilines is 1. The van der Waals surface area contributed by atoms with E-state index in [0.29, 0.717) is 11.4 Å². The molecule has 2 N–H and O–H groups in total. The lowest BCUT2D eigenvalue weighted by Gasteiger charge is -2.09. The predicted molar refractivity (Wildman–Crippen MR) is 71.7 cm³/mol. The maximum Gasteiger partial charge on any atom is 0.145 e.